The highest BCUT2D eigenvalue weighted by atomic mass is 35.5. The van der Waals surface area contributed by atoms with Crippen molar-refractivity contribution in [1.82, 2.24) is 9.62 Å². The molecule has 8 heteroatoms. The molecule has 1 aliphatic rings. The zero-order valence-corrected chi connectivity index (χ0v) is 14.1. The number of likely N-dealkylation sites (tertiary alicyclic amines) is 1. The molecule has 1 unspecified atom stereocenters. The third-order valence-corrected chi connectivity index (χ3v) is 5.52. The number of halogens is 1. The van der Waals surface area contributed by atoms with Gasteiger partial charge in [0.15, 0.2) is 0 Å². The van der Waals surface area contributed by atoms with Crippen molar-refractivity contribution >= 4 is 38.8 Å². The minimum atomic E-state index is -3.57. The molecule has 0 spiro atoms. The summed E-state index contributed by atoms with van der Waals surface area (Å²) in [5.41, 5.74) is 5.98. The summed E-state index contributed by atoms with van der Waals surface area (Å²) in [4.78, 5) is 2.46. The van der Waals surface area contributed by atoms with E-state index >= 15 is 0 Å². The lowest BCUT2D eigenvalue weighted by molar-refractivity contribution is 0.394. The van der Waals surface area contributed by atoms with Crippen LogP contribution in [0.4, 0.5) is 0 Å². The molecule has 1 aromatic rings. The van der Waals surface area contributed by atoms with Crippen molar-refractivity contribution < 1.29 is 8.42 Å². The normalized spacial score (nSPS) is 19.8. The Hall–Kier alpha value is -0.730. The molecule has 3 N–H and O–H groups in total. The first-order chi connectivity index (χ1) is 9.79. The molecular weight excluding hydrogens is 330 g/mol. The van der Waals surface area contributed by atoms with E-state index in [1.807, 2.05) is 7.05 Å². The van der Waals surface area contributed by atoms with E-state index in [1.54, 1.807) is 0 Å². The van der Waals surface area contributed by atoms with Crippen molar-refractivity contribution in [3.8, 4) is 0 Å². The molecule has 0 aromatic heterocycles. The Kier molecular flexibility index (Phi) is 5.21. The monoisotopic (exact) mass is 347 g/mol. The fraction of sp³-hybridized carbons (Fsp3) is 0.462. The lowest BCUT2D eigenvalue weighted by Crippen LogP contribution is -2.30. The number of hydrogen-bond donors (Lipinski definition) is 2. The molecular formula is C13H18ClN3O2S2. The summed E-state index contributed by atoms with van der Waals surface area (Å²) in [5.74, 6) is 0.344. The van der Waals surface area contributed by atoms with Gasteiger partial charge in [-0.15, -0.1) is 0 Å². The van der Waals surface area contributed by atoms with Gasteiger partial charge in [-0.3, -0.25) is 0 Å². The first kappa shape index (κ1) is 16.6. The second kappa shape index (κ2) is 6.58. The summed E-state index contributed by atoms with van der Waals surface area (Å²) in [6.07, 6.45) is 1.00. The van der Waals surface area contributed by atoms with Crippen LogP contribution in [0.2, 0.25) is 5.02 Å². The van der Waals surface area contributed by atoms with Crippen molar-refractivity contribution in [1.29, 1.82) is 0 Å². The van der Waals surface area contributed by atoms with Crippen LogP contribution in [0.25, 0.3) is 0 Å². The van der Waals surface area contributed by atoms with Crippen molar-refractivity contribution in [2.24, 2.45) is 11.7 Å². The van der Waals surface area contributed by atoms with Crippen molar-refractivity contribution in [2.75, 3.05) is 26.7 Å². The molecule has 1 aromatic carbocycles. The SMILES string of the molecule is CN1CCC(CNS(=O)(=O)c2ccc(C(N)=S)c(Cl)c2)C1. The van der Waals surface area contributed by atoms with Crippen LogP contribution in [0.15, 0.2) is 23.1 Å². The number of rotatable bonds is 5. The Morgan fingerprint density at radius 3 is 2.81 bits per heavy atom. The molecule has 1 fully saturated rings. The predicted molar refractivity (Wildman–Crippen MR) is 88.1 cm³/mol. The summed E-state index contributed by atoms with van der Waals surface area (Å²) in [5, 5.41) is 0.242. The molecule has 1 atom stereocenters. The predicted octanol–water partition coefficient (Wildman–Crippen LogP) is 1.20. The topological polar surface area (TPSA) is 75.4 Å². The Bertz CT molecular complexity index is 649. The highest BCUT2D eigenvalue weighted by Crippen LogP contribution is 2.21. The van der Waals surface area contributed by atoms with E-state index in [-0.39, 0.29) is 14.9 Å². The Balaban J connectivity index is 2.09. The molecule has 0 aliphatic carbocycles. The molecule has 1 saturated heterocycles. The van der Waals surface area contributed by atoms with Gasteiger partial charge >= 0.3 is 0 Å². The Labute approximate surface area is 135 Å². The Morgan fingerprint density at radius 1 is 1.57 bits per heavy atom. The van der Waals surface area contributed by atoms with Gasteiger partial charge in [-0.05, 0) is 44.1 Å². The van der Waals surface area contributed by atoms with Gasteiger partial charge in [-0.25, -0.2) is 13.1 Å². The zero-order chi connectivity index (χ0) is 15.6. The van der Waals surface area contributed by atoms with Gasteiger partial charge in [0, 0.05) is 18.7 Å². The van der Waals surface area contributed by atoms with Crippen LogP contribution in [0.5, 0.6) is 0 Å². The van der Waals surface area contributed by atoms with Crippen LogP contribution in [0, 0.1) is 5.92 Å². The highest BCUT2D eigenvalue weighted by Gasteiger charge is 2.22. The molecule has 2 rings (SSSR count). The molecule has 1 heterocycles. The Morgan fingerprint density at radius 2 is 2.29 bits per heavy atom. The molecule has 1 aliphatic heterocycles. The summed E-state index contributed by atoms with van der Waals surface area (Å²) < 4.78 is 27.1. The summed E-state index contributed by atoms with van der Waals surface area (Å²) in [6, 6.07) is 4.37. The van der Waals surface area contributed by atoms with Gasteiger partial charge in [0.2, 0.25) is 10.0 Å². The van der Waals surface area contributed by atoms with E-state index in [9.17, 15) is 8.42 Å². The maximum Gasteiger partial charge on any atom is 0.240 e. The maximum atomic E-state index is 12.3. The second-order valence-electron chi connectivity index (χ2n) is 5.27. The summed E-state index contributed by atoms with van der Waals surface area (Å²) in [6.45, 7) is 2.34. The van der Waals surface area contributed by atoms with Gasteiger partial charge in [0.1, 0.15) is 4.99 Å². The quantitative estimate of drug-likeness (QED) is 0.783. The third-order valence-electron chi connectivity index (χ3n) is 3.57. The van der Waals surface area contributed by atoms with E-state index in [0.29, 0.717) is 18.0 Å². The van der Waals surface area contributed by atoms with Crippen LogP contribution in [-0.2, 0) is 10.0 Å². The van der Waals surface area contributed by atoms with E-state index in [1.165, 1.54) is 18.2 Å². The largest absolute Gasteiger partial charge is 0.389 e. The fourth-order valence-corrected chi connectivity index (χ4v) is 4.09. The maximum absolute atomic E-state index is 12.3. The second-order valence-corrected chi connectivity index (χ2v) is 7.89. The molecule has 0 amide bonds. The van der Waals surface area contributed by atoms with Crippen LogP contribution in [0.1, 0.15) is 12.0 Å². The average molecular weight is 348 g/mol. The highest BCUT2D eigenvalue weighted by molar-refractivity contribution is 7.89. The first-order valence-electron chi connectivity index (χ1n) is 6.57. The molecule has 0 radical (unpaired) electrons. The lowest BCUT2D eigenvalue weighted by Gasteiger charge is -2.13. The number of nitrogens with zero attached hydrogens (tertiary/aromatic N) is 1. The minimum absolute atomic E-state index is 0.124. The van der Waals surface area contributed by atoms with Gasteiger partial charge < -0.3 is 10.6 Å². The van der Waals surface area contributed by atoms with E-state index < -0.39 is 10.0 Å². The number of thiocarbonyl (C=S) groups is 1. The van der Waals surface area contributed by atoms with E-state index in [2.05, 4.69) is 9.62 Å². The van der Waals surface area contributed by atoms with E-state index in [4.69, 9.17) is 29.6 Å². The zero-order valence-electron chi connectivity index (χ0n) is 11.7. The number of sulfonamides is 1. The minimum Gasteiger partial charge on any atom is -0.389 e. The van der Waals surface area contributed by atoms with Gasteiger partial charge in [0.05, 0.1) is 9.92 Å². The first-order valence-corrected chi connectivity index (χ1v) is 8.84. The van der Waals surface area contributed by atoms with E-state index in [0.717, 1.165) is 19.5 Å². The molecule has 0 bridgehead atoms. The summed E-state index contributed by atoms with van der Waals surface area (Å²) >= 11 is 10.9. The number of nitrogens with one attached hydrogen (secondary N) is 1. The van der Waals surface area contributed by atoms with Gasteiger partial charge in [0.25, 0.3) is 0 Å². The number of nitrogens with two attached hydrogens (primary N) is 1. The summed E-state index contributed by atoms with van der Waals surface area (Å²) in [7, 11) is -1.54. The van der Waals surface area contributed by atoms with Crippen LogP contribution in [-0.4, -0.2) is 45.0 Å². The smallest absolute Gasteiger partial charge is 0.240 e. The third kappa shape index (κ3) is 4.14. The molecule has 21 heavy (non-hydrogen) atoms. The molecule has 116 valence electrons. The molecule has 5 nitrogen and oxygen atoms in total. The number of benzene rings is 1. The lowest BCUT2D eigenvalue weighted by atomic mass is 10.1. The molecule has 0 saturated carbocycles. The van der Waals surface area contributed by atoms with Gasteiger partial charge in [-0.2, -0.15) is 0 Å². The van der Waals surface area contributed by atoms with Gasteiger partial charge in [-0.1, -0.05) is 23.8 Å². The van der Waals surface area contributed by atoms with Crippen molar-refractivity contribution in [3.05, 3.63) is 28.8 Å². The number of hydrogen-bond acceptors (Lipinski definition) is 4. The standard InChI is InChI=1S/C13H18ClN3O2S2/c1-17-5-4-9(8-17)7-16-21(18,19)10-2-3-11(13(15)20)12(14)6-10/h2-3,6,9,16H,4-5,7-8H2,1H3,(H2,15,20). The average Bonchev–Trinajstić information content (AvgIpc) is 2.82. The van der Waals surface area contributed by atoms with Crippen molar-refractivity contribution in [3.63, 3.8) is 0 Å². The van der Waals surface area contributed by atoms with Crippen LogP contribution in [0.3, 0.4) is 0 Å². The fourth-order valence-electron chi connectivity index (χ4n) is 2.37. The van der Waals surface area contributed by atoms with Crippen LogP contribution >= 0.6 is 23.8 Å². The van der Waals surface area contributed by atoms with Crippen molar-refractivity contribution in [2.45, 2.75) is 11.3 Å². The van der Waals surface area contributed by atoms with Crippen LogP contribution < -0.4 is 10.5 Å².